The molecule has 0 saturated carbocycles. The van der Waals surface area contributed by atoms with Gasteiger partial charge in [-0.05, 0) is 38.0 Å². The first-order valence-electron chi connectivity index (χ1n) is 5.04. The van der Waals surface area contributed by atoms with E-state index < -0.39 is 0 Å². The molecule has 0 aliphatic carbocycles. The van der Waals surface area contributed by atoms with E-state index >= 15 is 0 Å². The molecule has 0 N–H and O–H groups in total. The fourth-order valence-corrected chi connectivity index (χ4v) is 1.15. The van der Waals surface area contributed by atoms with Gasteiger partial charge in [-0.2, -0.15) is 0 Å². The van der Waals surface area contributed by atoms with Gasteiger partial charge in [0.1, 0.15) is 0 Å². The van der Waals surface area contributed by atoms with Crippen LogP contribution < -0.4 is 0 Å². The van der Waals surface area contributed by atoms with Crippen molar-refractivity contribution < 1.29 is 0 Å². The first-order chi connectivity index (χ1) is 7.13. The Morgan fingerprint density at radius 2 is 2.00 bits per heavy atom. The second kappa shape index (κ2) is 5.30. The van der Waals surface area contributed by atoms with Crippen molar-refractivity contribution in [3.8, 4) is 0 Å². The summed E-state index contributed by atoms with van der Waals surface area (Å²) in [5.74, 6) is 0. The van der Waals surface area contributed by atoms with Crippen molar-refractivity contribution in [2.75, 3.05) is 0 Å². The average Bonchev–Trinajstić information content (AvgIpc) is 2.21. The third kappa shape index (κ3) is 3.55. The zero-order chi connectivity index (χ0) is 11.3. The van der Waals surface area contributed by atoms with Crippen LogP contribution in [0.4, 0.5) is 0 Å². The molecule has 1 heteroatoms. The highest BCUT2D eigenvalue weighted by molar-refractivity contribution is 5.72. The molecular weight excluding hydrogens is 182 g/mol. The normalized spacial score (nSPS) is 11.0. The Hall–Kier alpha value is -1.63. The maximum atomic E-state index is 4.36. The molecular formula is C14H17N. The monoisotopic (exact) mass is 199 g/mol. The van der Waals surface area contributed by atoms with E-state index in [1.165, 1.54) is 11.1 Å². The molecule has 0 radical (unpaired) electrons. The van der Waals surface area contributed by atoms with Crippen molar-refractivity contribution in [1.29, 1.82) is 0 Å². The van der Waals surface area contributed by atoms with Crippen LogP contribution in [0, 0.1) is 6.92 Å². The molecule has 0 bridgehead atoms. The van der Waals surface area contributed by atoms with Gasteiger partial charge in [-0.1, -0.05) is 36.4 Å². The minimum atomic E-state index is 0.966. The summed E-state index contributed by atoms with van der Waals surface area (Å²) in [7, 11) is 0. The van der Waals surface area contributed by atoms with E-state index in [1.54, 1.807) is 0 Å². The number of pyridine rings is 1. The van der Waals surface area contributed by atoms with Gasteiger partial charge in [0, 0.05) is 6.20 Å². The number of rotatable bonds is 3. The molecule has 1 aromatic heterocycles. The topological polar surface area (TPSA) is 12.9 Å². The highest BCUT2D eigenvalue weighted by Crippen LogP contribution is 2.13. The summed E-state index contributed by atoms with van der Waals surface area (Å²) in [4.78, 5) is 4.36. The Morgan fingerprint density at radius 1 is 1.27 bits per heavy atom. The number of aromatic nitrogens is 1. The quantitative estimate of drug-likeness (QED) is 0.672. The molecule has 0 aliphatic rings. The molecule has 0 saturated heterocycles. The number of allylic oxidation sites excluding steroid dienone is 5. The van der Waals surface area contributed by atoms with Crippen LogP contribution >= 0.6 is 0 Å². The molecule has 0 fully saturated rings. The lowest BCUT2D eigenvalue weighted by molar-refractivity contribution is 1.23. The minimum Gasteiger partial charge on any atom is -0.256 e. The molecule has 78 valence electrons. The fourth-order valence-electron chi connectivity index (χ4n) is 1.15. The molecule has 15 heavy (non-hydrogen) atoms. The van der Waals surface area contributed by atoms with E-state index in [0.29, 0.717) is 0 Å². The van der Waals surface area contributed by atoms with E-state index in [-0.39, 0.29) is 0 Å². The van der Waals surface area contributed by atoms with Crippen LogP contribution in [0.15, 0.2) is 48.7 Å². The van der Waals surface area contributed by atoms with Crippen molar-refractivity contribution in [3.05, 3.63) is 60.0 Å². The van der Waals surface area contributed by atoms with Crippen LogP contribution in [-0.4, -0.2) is 4.98 Å². The third-order valence-corrected chi connectivity index (χ3v) is 2.02. The van der Waals surface area contributed by atoms with E-state index in [1.807, 2.05) is 31.3 Å². The molecule has 0 aliphatic heterocycles. The van der Waals surface area contributed by atoms with E-state index in [0.717, 1.165) is 11.3 Å². The van der Waals surface area contributed by atoms with Crippen molar-refractivity contribution in [2.45, 2.75) is 20.8 Å². The van der Waals surface area contributed by atoms with Gasteiger partial charge in [0.2, 0.25) is 0 Å². The lowest BCUT2D eigenvalue weighted by Crippen LogP contribution is -1.86. The number of hydrogen-bond acceptors (Lipinski definition) is 1. The molecule has 0 aromatic carbocycles. The molecule has 1 rings (SSSR count). The summed E-state index contributed by atoms with van der Waals surface area (Å²) in [5, 5.41) is 0. The van der Waals surface area contributed by atoms with Gasteiger partial charge in [0.05, 0.1) is 5.69 Å². The summed E-state index contributed by atoms with van der Waals surface area (Å²) in [6, 6.07) is 4.07. The van der Waals surface area contributed by atoms with Crippen LogP contribution in [0.5, 0.6) is 0 Å². The third-order valence-electron chi connectivity index (χ3n) is 2.02. The summed E-state index contributed by atoms with van der Waals surface area (Å²) >= 11 is 0. The predicted molar refractivity (Wildman–Crippen MR) is 66.6 cm³/mol. The smallest absolute Gasteiger partial charge is 0.0701 e. The Kier molecular flexibility index (Phi) is 4.04. The largest absolute Gasteiger partial charge is 0.256 e. The Labute approximate surface area is 91.9 Å². The highest BCUT2D eigenvalue weighted by atomic mass is 14.7. The molecule has 0 atom stereocenters. The molecule has 1 heterocycles. The second-order valence-corrected chi connectivity index (χ2v) is 3.79. The first kappa shape index (κ1) is 11.4. The van der Waals surface area contributed by atoms with Crippen molar-refractivity contribution in [1.82, 2.24) is 4.98 Å². The van der Waals surface area contributed by atoms with Crippen LogP contribution in [0.2, 0.25) is 0 Å². The lowest BCUT2D eigenvalue weighted by atomic mass is 10.1. The maximum Gasteiger partial charge on any atom is 0.0701 e. The summed E-state index contributed by atoms with van der Waals surface area (Å²) < 4.78 is 0. The van der Waals surface area contributed by atoms with Crippen LogP contribution in [-0.2, 0) is 0 Å². The zero-order valence-corrected chi connectivity index (χ0v) is 9.62. The summed E-state index contributed by atoms with van der Waals surface area (Å²) in [5.41, 5.74) is 4.45. The molecule has 1 nitrogen and oxygen atoms in total. The van der Waals surface area contributed by atoms with Gasteiger partial charge in [0.15, 0.2) is 0 Å². The van der Waals surface area contributed by atoms with Crippen molar-refractivity contribution in [2.24, 2.45) is 0 Å². The maximum absolute atomic E-state index is 4.36. The highest BCUT2D eigenvalue weighted by Gasteiger charge is 1.96. The van der Waals surface area contributed by atoms with E-state index in [2.05, 4.69) is 37.6 Å². The van der Waals surface area contributed by atoms with Crippen LogP contribution in [0.1, 0.15) is 25.1 Å². The van der Waals surface area contributed by atoms with Gasteiger partial charge in [-0.3, -0.25) is 4.98 Å². The first-order valence-corrected chi connectivity index (χ1v) is 5.04. The van der Waals surface area contributed by atoms with E-state index in [4.69, 9.17) is 0 Å². The summed E-state index contributed by atoms with van der Waals surface area (Å²) in [6.07, 6.45) is 7.81. The zero-order valence-electron chi connectivity index (χ0n) is 9.62. The molecule has 0 spiro atoms. The van der Waals surface area contributed by atoms with Crippen LogP contribution in [0.25, 0.3) is 5.57 Å². The van der Waals surface area contributed by atoms with Crippen molar-refractivity contribution >= 4 is 5.57 Å². The van der Waals surface area contributed by atoms with Gasteiger partial charge < -0.3 is 0 Å². The standard InChI is InChI=1S/C14H17N/c1-5-13(8-6-11(2)3)14-9-7-12(4)10-15-14/h5-10H,1H2,2-4H3/b13-8+. The van der Waals surface area contributed by atoms with Crippen LogP contribution in [0.3, 0.4) is 0 Å². The van der Waals surface area contributed by atoms with Gasteiger partial charge in [-0.15, -0.1) is 0 Å². The average molecular weight is 199 g/mol. The number of hydrogen-bond donors (Lipinski definition) is 0. The second-order valence-electron chi connectivity index (χ2n) is 3.79. The number of nitrogens with zero attached hydrogens (tertiary/aromatic N) is 1. The summed E-state index contributed by atoms with van der Waals surface area (Å²) in [6.45, 7) is 9.97. The molecule has 0 unspecified atom stereocenters. The molecule has 1 aromatic rings. The van der Waals surface area contributed by atoms with Gasteiger partial charge in [0.25, 0.3) is 0 Å². The minimum absolute atomic E-state index is 0.966. The van der Waals surface area contributed by atoms with Gasteiger partial charge in [-0.25, -0.2) is 0 Å². The Morgan fingerprint density at radius 3 is 2.47 bits per heavy atom. The Bertz CT molecular complexity index is 390. The van der Waals surface area contributed by atoms with Crippen molar-refractivity contribution in [3.63, 3.8) is 0 Å². The SMILES string of the molecule is C=C/C(=C\C=C(C)C)c1ccc(C)cn1. The fraction of sp³-hybridized carbons (Fsp3) is 0.214. The Balaban J connectivity index is 3.02. The lowest BCUT2D eigenvalue weighted by Gasteiger charge is -2.00. The molecule has 0 amide bonds. The van der Waals surface area contributed by atoms with E-state index in [9.17, 15) is 0 Å². The number of aryl methyl sites for hydroxylation is 1. The van der Waals surface area contributed by atoms with Gasteiger partial charge >= 0.3 is 0 Å². The predicted octanol–water partition coefficient (Wildman–Crippen LogP) is 3.93.